The van der Waals surface area contributed by atoms with Gasteiger partial charge in [0.05, 0.1) is 0 Å². The summed E-state index contributed by atoms with van der Waals surface area (Å²) in [5.74, 6) is 0.908. The lowest BCUT2D eigenvalue weighted by atomic mass is 9.97. The first-order valence-electron chi connectivity index (χ1n) is 8.27. The lowest BCUT2D eigenvalue weighted by Gasteiger charge is -2.36. The zero-order chi connectivity index (χ0) is 16.2. The molecule has 23 heavy (non-hydrogen) atoms. The molecule has 0 aliphatic carbocycles. The molecule has 2 aromatic rings. The Labute approximate surface area is 142 Å². The topological polar surface area (TPSA) is 21.1 Å². The molecule has 0 bridgehead atoms. The molecule has 0 unspecified atom stereocenters. The largest absolute Gasteiger partial charge is 0.338 e. The van der Waals surface area contributed by atoms with Gasteiger partial charge in [-0.3, -0.25) is 4.90 Å². The van der Waals surface area contributed by atoms with Crippen molar-refractivity contribution in [3.63, 3.8) is 0 Å². The third-order valence-corrected chi connectivity index (χ3v) is 5.12. The van der Waals surface area contributed by atoms with Crippen LogP contribution in [0.25, 0.3) is 0 Å². The summed E-state index contributed by atoms with van der Waals surface area (Å²) >= 11 is 6.24. The van der Waals surface area contributed by atoms with Crippen molar-refractivity contribution in [3.05, 3.63) is 52.8 Å². The molecule has 3 rings (SSSR count). The number of nitrogens with zero attached hydrogens (tertiary/aromatic N) is 3. The number of piperidine rings is 1. The van der Waals surface area contributed by atoms with Crippen LogP contribution in [-0.2, 0) is 20.0 Å². The highest BCUT2D eigenvalue weighted by molar-refractivity contribution is 6.31. The summed E-state index contributed by atoms with van der Waals surface area (Å²) < 4.78 is 15.6. The maximum Gasteiger partial charge on any atom is 0.123 e. The van der Waals surface area contributed by atoms with Gasteiger partial charge in [-0.05, 0) is 49.6 Å². The summed E-state index contributed by atoms with van der Waals surface area (Å²) in [6.45, 7) is 1.78. The number of likely N-dealkylation sites (tertiary alicyclic amines) is 1. The first kappa shape index (κ1) is 16.5. The molecule has 124 valence electrons. The molecule has 0 radical (unpaired) electrons. The molecule has 3 nitrogen and oxygen atoms in total. The molecule has 0 N–H and O–H groups in total. The van der Waals surface area contributed by atoms with Gasteiger partial charge in [-0.2, -0.15) is 0 Å². The van der Waals surface area contributed by atoms with E-state index in [4.69, 9.17) is 11.6 Å². The second-order valence-electron chi connectivity index (χ2n) is 6.35. The highest BCUT2D eigenvalue weighted by Crippen LogP contribution is 2.26. The fourth-order valence-corrected chi connectivity index (χ4v) is 3.59. The Bertz CT molecular complexity index is 655. The molecule has 2 heterocycles. The zero-order valence-electron chi connectivity index (χ0n) is 13.5. The Morgan fingerprint density at radius 2 is 2.22 bits per heavy atom. The molecule has 0 spiro atoms. The maximum atomic E-state index is 13.5. The van der Waals surface area contributed by atoms with Gasteiger partial charge in [-0.25, -0.2) is 9.37 Å². The number of hydrogen-bond donors (Lipinski definition) is 0. The Kier molecular flexibility index (Phi) is 5.34. The lowest BCUT2D eigenvalue weighted by molar-refractivity contribution is 0.131. The Hall–Kier alpha value is -1.39. The number of aryl methyl sites for hydroxylation is 2. The second kappa shape index (κ2) is 7.45. The Balaban J connectivity index is 1.66. The molecule has 1 aromatic carbocycles. The maximum absolute atomic E-state index is 13.5. The van der Waals surface area contributed by atoms with Crippen molar-refractivity contribution in [3.8, 4) is 0 Å². The van der Waals surface area contributed by atoms with Gasteiger partial charge in [0.2, 0.25) is 0 Å². The van der Waals surface area contributed by atoms with Crippen LogP contribution in [0, 0.1) is 5.82 Å². The Morgan fingerprint density at radius 3 is 3.00 bits per heavy atom. The molecule has 1 aliphatic heterocycles. The minimum Gasteiger partial charge on any atom is -0.338 e. The van der Waals surface area contributed by atoms with Crippen LogP contribution >= 0.6 is 11.6 Å². The SMILES string of the molecule is Cn1ccnc1CC[C@H]1CCCCN1Cc1cc(F)ccc1Cl. The van der Waals surface area contributed by atoms with E-state index in [9.17, 15) is 4.39 Å². The molecule has 0 saturated carbocycles. The van der Waals surface area contributed by atoms with Crippen molar-refractivity contribution in [2.75, 3.05) is 6.54 Å². The number of halogens is 2. The number of rotatable bonds is 5. The number of imidazole rings is 1. The normalized spacial score (nSPS) is 19.2. The summed E-state index contributed by atoms with van der Waals surface area (Å²) in [5, 5.41) is 0.653. The van der Waals surface area contributed by atoms with Crippen LogP contribution in [0.2, 0.25) is 5.02 Å². The van der Waals surface area contributed by atoms with Crippen LogP contribution in [0.15, 0.2) is 30.6 Å². The van der Waals surface area contributed by atoms with Crippen molar-refractivity contribution >= 4 is 11.6 Å². The first-order chi connectivity index (χ1) is 11.1. The zero-order valence-corrected chi connectivity index (χ0v) is 14.3. The van der Waals surface area contributed by atoms with Crippen molar-refractivity contribution in [1.29, 1.82) is 0 Å². The number of hydrogen-bond acceptors (Lipinski definition) is 2. The quantitative estimate of drug-likeness (QED) is 0.816. The van der Waals surface area contributed by atoms with Gasteiger partial charge in [-0.1, -0.05) is 18.0 Å². The van der Waals surface area contributed by atoms with Crippen LogP contribution in [0.5, 0.6) is 0 Å². The molecular formula is C18H23ClFN3. The molecular weight excluding hydrogens is 313 g/mol. The van der Waals surface area contributed by atoms with Crippen LogP contribution in [-0.4, -0.2) is 27.0 Å². The average molecular weight is 336 g/mol. The van der Waals surface area contributed by atoms with E-state index >= 15 is 0 Å². The lowest BCUT2D eigenvalue weighted by Crippen LogP contribution is -2.39. The van der Waals surface area contributed by atoms with Gasteiger partial charge >= 0.3 is 0 Å². The fraction of sp³-hybridized carbons (Fsp3) is 0.500. The minimum atomic E-state index is -0.217. The van der Waals surface area contributed by atoms with E-state index in [0.717, 1.165) is 37.3 Å². The van der Waals surface area contributed by atoms with Gasteiger partial charge in [0.25, 0.3) is 0 Å². The van der Waals surface area contributed by atoms with Gasteiger partial charge in [0, 0.05) is 43.5 Å². The van der Waals surface area contributed by atoms with E-state index in [0.29, 0.717) is 11.1 Å². The monoisotopic (exact) mass is 335 g/mol. The standard InChI is InChI=1S/C18H23ClFN3/c1-22-11-9-21-18(22)8-6-16-4-2-3-10-23(16)13-14-12-15(20)5-7-17(14)19/h5,7,9,11-12,16H,2-4,6,8,10,13H2,1H3/t16-/m1/s1. The van der Waals surface area contributed by atoms with E-state index in [1.54, 1.807) is 12.1 Å². The molecule has 5 heteroatoms. The van der Waals surface area contributed by atoms with Gasteiger partial charge in [-0.15, -0.1) is 0 Å². The summed E-state index contributed by atoms with van der Waals surface area (Å²) in [7, 11) is 2.04. The highest BCUT2D eigenvalue weighted by Gasteiger charge is 2.23. The summed E-state index contributed by atoms with van der Waals surface area (Å²) in [5.41, 5.74) is 0.885. The van der Waals surface area contributed by atoms with Crippen LogP contribution in [0.3, 0.4) is 0 Å². The fourth-order valence-electron chi connectivity index (χ4n) is 3.41. The molecule has 1 saturated heterocycles. The van der Waals surface area contributed by atoms with E-state index in [-0.39, 0.29) is 5.82 Å². The molecule has 0 amide bonds. The predicted octanol–water partition coefficient (Wildman–Crippen LogP) is 4.20. The highest BCUT2D eigenvalue weighted by atomic mass is 35.5. The summed E-state index contributed by atoms with van der Waals surface area (Å²) in [4.78, 5) is 6.86. The molecule has 1 fully saturated rings. The van der Waals surface area contributed by atoms with Gasteiger partial charge in [0.15, 0.2) is 0 Å². The van der Waals surface area contributed by atoms with Crippen LogP contribution < -0.4 is 0 Å². The smallest absolute Gasteiger partial charge is 0.123 e. The van der Waals surface area contributed by atoms with Gasteiger partial charge in [0.1, 0.15) is 11.6 Å². The molecule has 1 aromatic heterocycles. The van der Waals surface area contributed by atoms with E-state index in [2.05, 4.69) is 14.5 Å². The second-order valence-corrected chi connectivity index (χ2v) is 6.76. The molecule has 1 aliphatic rings. The predicted molar refractivity (Wildman–Crippen MR) is 91.0 cm³/mol. The number of benzene rings is 1. The van der Waals surface area contributed by atoms with E-state index in [1.807, 2.05) is 19.4 Å². The van der Waals surface area contributed by atoms with Gasteiger partial charge < -0.3 is 4.57 Å². The third kappa shape index (κ3) is 4.12. The third-order valence-electron chi connectivity index (χ3n) is 4.75. The minimum absolute atomic E-state index is 0.217. The van der Waals surface area contributed by atoms with Crippen molar-refractivity contribution < 1.29 is 4.39 Å². The van der Waals surface area contributed by atoms with E-state index in [1.165, 1.54) is 25.3 Å². The van der Waals surface area contributed by atoms with Crippen molar-refractivity contribution in [2.24, 2.45) is 7.05 Å². The van der Waals surface area contributed by atoms with Crippen molar-refractivity contribution in [1.82, 2.24) is 14.5 Å². The molecule has 1 atom stereocenters. The van der Waals surface area contributed by atoms with E-state index < -0.39 is 0 Å². The summed E-state index contributed by atoms with van der Waals surface area (Å²) in [6, 6.07) is 5.15. The first-order valence-corrected chi connectivity index (χ1v) is 8.65. The average Bonchev–Trinajstić information content (AvgIpc) is 2.95. The van der Waals surface area contributed by atoms with Crippen LogP contribution in [0.4, 0.5) is 4.39 Å². The summed E-state index contributed by atoms with van der Waals surface area (Å²) in [6.07, 6.45) is 9.54. The van der Waals surface area contributed by atoms with Crippen LogP contribution in [0.1, 0.15) is 37.1 Å². The van der Waals surface area contributed by atoms with Crippen molar-refractivity contribution in [2.45, 2.75) is 44.7 Å². The number of aromatic nitrogens is 2. The Morgan fingerprint density at radius 1 is 1.35 bits per heavy atom.